The number of nitrogens with one attached hydrogen (secondary N) is 1. The minimum absolute atomic E-state index is 0.000884. The van der Waals surface area contributed by atoms with Crippen LogP contribution in [0.3, 0.4) is 0 Å². The molecule has 0 aromatic rings. The van der Waals surface area contributed by atoms with Gasteiger partial charge in [-0.15, -0.1) is 0 Å². The quantitative estimate of drug-likeness (QED) is 0.0320. The summed E-state index contributed by atoms with van der Waals surface area (Å²) in [7, 11) is 0. The molecule has 0 bridgehead atoms. The van der Waals surface area contributed by atoms with Gasteiger partial charge in [0.2, 0.25) is 5.91 Å². The number of hydrogen-bond acceptors (Lipinski definition) is 5. The number of hydrogen-bond donors (Lipinski definition) is 3. The highest BCUT2D eigenvalue weighted by Gasteiger charge is 2.18. The number of esters is 1. The van der Waals surface area contributed by atoms with E-state index in [0.29, 0.717) is 19.4 Å². The van der Waals surface area contributed by atoms with Crippen LogP contribution in [-0.2, 0) is 14.3 Å². The molecule has 2 atom stereocenters. The van der Waals surface area contributed by atoms with Crippen molar-refractivity contribution in [1.29, 1.82) is 0 Å². The van der Waals surface area contributed by atoms with Crippen LogP contribution >= 0.6 is 0 Å². The molecule has 0 rings (SSSR count). The predicted octanol–water partition coefficient (Wildman–Crippen LogP) is 22.3. The number of amides is 1. The smallest absolute Gasteiger partial charge is 0.305 e. The fourth-order valence-electron chi connectivity index (χ4n) is 10.5. The van der Waals surface area contributed by atoms with Crippen molar-refractivity contribution in [3.05, 3.63) is 60.8 Å². The Hall–Kier alpha value is -2.44. The molecule has 0 aliphatic carbocycles. The topological polar surface area (TPSA) is 95.9 Å². The van der Waals surface area contributed by atoms with Gasteiger partial charge in [0.05, 0.1) is 25.4 Å². The molecule has 1 amide bonds. The lowest BCUT2D eigenvalue weighted by Gasteiger charge is -2.20. The van der Waals surface area contributed by atoms with Crippen LogP contribution in [0, 0.1) is 0 Å². The van der Waals surface area contributed by atoms with Crippen LogP contribution in [0.2, 0.25) is 0 Å². The summed E-state index contributed by atoms with van der Waals surface area (Å²) in [5.41, 5.74) is 0. The molecule has 0 saturated carbocycles. The average Bonchev–Trinajstić information content (AvgIpc) is 3.44. The third-order valence-electron chi connectivity index (χ3n) is 15.8. The molecule has 78 heavy (non-hydrogen) atoms. The predicted molar refractivity (Wildman–Crippen MR) is 342 cm³/mol. The third-order valence-corrected chi connectivity index (χ3v) is 15.8. The molecule has 0 aromatic heterocycles. The third kappa shape index (κ3) is 62.8. The van der Waals surface area contributed by atoms with Gasteiger partial charge in [0.15, 0.2) is 0 Å². The molecule has 0 heterocycles. The van der Waals surface area contributed by atoms with Crippen molar-refractivity contribution in [3.8, 4) is 0 Å². The largest absolute Gasteiger partial charge is 0.466 e. The van der Waals surface area contributed by atoms with Gasteiger partial charge in [0.1, 0.15) is 0 Å². The Morgan fingerprint density at radius 3 is 0.987 bits per heavy atom. The van der Waals surface area contributed by atoms with E-state index in [1.165, 1.54) is 276 Å². The second-order valence-electron chi connectivity index (χ2n) is 23.5. The molecule has 456 valence electrons. The fraction of sp³-hybridized carbons (Fsp3) is 0.833. The van der Waals surface area contributed by atoms with Crippen LogP contribution in [0.15, 0.2) is 60.8 Å². The van der Waals surface area contributed by atoms with E-state index in [9.17, 15) is 19.8 Å². The van der Waals surface area contributed by atoms with Crippen molar-refractivity contribution < 1.29 is 24.5 Å². The first-order valence-electron chi connectivity index (χ1n) is 34.6. The normalized spacial score (nSPS) is 12.9. The Kier molecular flexibility index (Phi) is 65.0. The highest BCUT2D eigenvalue weighted by molar-refractivity contribution is 5.76. The molecule has 0 aliphatic rings. The summed E-state index contributed by atoms with van der Waals surface area (Å²) in [6, 6.07) is -0.628. The van der Waals surface area contributed by atoms with Gasteiger partial charge in [-0.3, -0.25) is 9.59 Å². The number of allylic oxidation sites excluding steroid dienone is 9. The highest BCUT2D eigenvalue weighted by atomic mass is 16.5. The van der Waals surface area contributed by atoms with Crippen molar-refractivity contribution in [2.24, 2.45) is 0 Å². The molecule has 6 heteroatoms. The molecule has 0 spiro atoms. The Morgan fingerprint density at radius 1 is 0.359 bits per heavy atom. The summed E-state index contributed by atoms with van der Waals surface area (Å²) < 4.78 is 5.48. The van der Waals surface area contributed by atoms with Crippen LogP contribution in [0.25, 0.3) is 0 Å². The summed E-state index contributed by atoms with van der Waals surface area (Å²) in [5.74, 6) is -0.0676. The van der Waals surface area contributed by atoms with Gasteiger partial charge in [0, 0.05) is 12.8 Å². The van der Waals surface area contributed by atoms with E-state index in [1.807, 2.05) is 6.08 Å². The van der Waals surface area contributed by atoms with E-state index in [4.69, 9.17) is 4.74 Å². The SMILES string of the molecule is CCCCCC/C=C\C/C=C\CCCCCCCC(=O)OCCCCCCCCCCC/C=C\C/C=C\CCCCCCCCCCCCCCCCCC(=O)NC(CO)C(O)/C=C/CCCCCCCCCCCCCC. The lowest BCUT2D eigenvalue weighted by atomic mass is 10.0. The number of carbonyl (C=O) groups is 2. The standard InChI is InChI=1S/C72H133NO5/c1-3-5-7-9-11-13-15-17-19-38-42-46-50-54-58-62-66-72(77)78-67-63-59-55-51-47-43-39-36-34-32-30-28-26-24-22-20-21-23-25-27-29-31-33-35-37-41-45-49-53-57-61-65-71(76)73-69(68-74)70(75)64-60-56-52-48-44-40-18-16-14-12-10-8-6-4-2/h13,15,19,22,24,28,30,38,60,64,69-70,74-75H,3-12,14,16-18,20-21,23,25-27,29,31-37,39-59,61-63,65-68H2,1-2H3,(H,73,76)/b15-13-,24-22-,30-28-,38-19-,64-60+. The maximum Gasteiger partial charge on any atom is 0.305 e. The van der Waals surface area contributed by atoms with Crippen LogP contribution in [0.5, 0.6) is 0 Å². The van der Waals surface area contributed by atoms with E-state index in [1.54, 1.807) is 6.08 Å². The Balaban J connectivity index is 3.41. The van der Waals surface area contributed by atoms with Crippen molar-refractivity contribution in [1.82, 2.24) is 5.32 Å². The molecular formula is C72H133NO5. The van der Waals surface area contributed by atoms with E-state index in [0.717, 1.165) is 57.8 Å². The second kappa shape index (κ2) is 67.1. The first-order valence-corrected chi connectivity index (χ1v) is 34.6. The van der Waals surface area contributed by atoms with Gasteiger partial charge in [-0.1, -0.05) is 312 Å². The molecule has 6 nitrogen and oxygen atoms in total. The number of carbonyl (C=O) groups excluding carboxylic acids is 2. The molecular weight excluding hydrogens is 959 g/mol. The molecule has 0 aliphatic heterocycles. The maximum absolute atomic E-state index is 12.5. The zero-order chi connectivity index (χ0) is 56.4. The van der Waals surface area contributed by atoms with Gasteiger partial charge in [-0.05, 0) is 96.3 Å². The van der Waals surface area contributed by atoms with Gasteiger partial charge < -0.3 is 20.3 Å². The number of aliphatic hydroxyl groups is 2. The van der Waals surface area contributed by atoms with Crippen molar-refractivity contribution in [2.45, 2.75) is 373 Å². The van der Waals surface area contributed by atoms with E-state index >= 15 is 0 Å². The van der Waals surface area contributed by atoms with Gasteiger partial charge in [0.25, 0.3) is 0 Å². The molecule has 2 unspecified atom stereocenters. The van der Waals surface area contributed by atoms with E-state index in [2.05, 4.69) is 67.8 Å². The first-order chi connectivity index (χ1) is 38.5. The van der Waals surface area contributed by atoms with Crippen molar-refractivity contribution in [2.75, 3.05) is 13.2 Å². The fourth-order valence-corrected chi connectivity index (χ4v) is 10.5. The van der Waals surface area contributed by atoms with Crippen molar-refractivity contribution in [3.63, 3.8) is 0 Å². The van der Waals surface area contributed by atoms with Crippen molar-refractivity contribution >= 4 is 11.9 Å². The number of rotatable bonds is 64. The zero-order valence-electron chi connectivity index (χ0n) is 52.1. The second-order valence-corrected chi connectivity index (χ2v) is 23.5. The van der Waals surface area contributed by atoms with Crippen LogP contribution in [0.4, 0.5) is 0 Å². The monoisotopic (exact) mass is 1090 g/mol. The van der Waals surface area contributed by atoms with Crippen LogP contribution < -0.4 is 5.32 Å². The summed E-state index contributed by atoms with van der Waals surface area (Å²) in [6.45, 7) is 4.89. The number of ether oxygens (including phenoxy) is 1. The molecule has 0 radical (unpaired) electrons. The summed E-state index contributed by atoms with van der Waals surface area (Å²) in [4.78, 5) is 24.5. The molecule has 3 N–H and O–H groups in total. The van der Waals surface area contributed by atoms with Gasteiger partial charge in [-0.25, -0.2) is 0 Å². The van der Waals surface area contributed by atoms with E-state index in [-0.39, 0.29) is 18.5 Å². The zero-order valence-corrected chi connectivity index (χ0v) is 52.1. The Morgan fingerprint density at radius 2 is 0.641 bits per heavy atom. The maximum atomic E-state index is 12.5. The highest BCUT2D eigenvalue weighted by Crippen LogP contribution is 2.17. The van der Waals surface area contributed by atoms with Gasteiger partial charge in [-0.2, -0.15) is 0 Å². The Bertz CT molecular complexity index is 1350. The minimum atomic E-state index is -0.844. The number of unbranched alkanes of at least 4 members (excludes halogenated alkanes) is 45. The lowest BCUT2D eigenvalue weighted by Crippen LogP contribution is -2.45. The number of aliphatic hydroxyl groups excluding tert-OH is 2. The van der Waals surface area contributed by atoms with Gasteiger partial charge >= 0.3 is 5.97 Å². The minimum Gasteiger partial charge on any atom is -0.466 e. The molecule has 0 saturated heterocycles. The summed E-state index contributed by atoms with van der Waals surface area (Å²) in [5, 5.41) is 23.1. The molecule has 0 fully saturated rings. The van der Waals surface area contributed by atoms with E-state index < -0.39 is 12.1 Å². The Labute approximate surface area is 486 Å². The molecule has 0 aromatic carbocycles. The summed E-state index contributed by atoms with van der Waals surface area (Å²) >= 11 is 0. The summed E-state index contributed by atoms with van der Waals surface area (Å²) in [6.07, 6.45) is 88.6. The lowest BCUT2D eigenvalue weighted by molar-refractivity contribution is -0.143. The van der Waals surface area contributed by atoms with Crippen LogP contribution in [-0.4, -0.2) is 47.4 Å². The average molecular weight is 1090 g/mol. The first kappa shape index (κ1) is 75.6. The van der Waals surface area contributed by atoms with Crippen LogP contribution in [0.1, 0.15) is 361 Å².